The van der Waals surface area contributed by atoms with Crippen LogP contribution in [-0.2, 0) is 11.3 Å². The molecule has 23 heavy (non-hydrogen) atoms. The largest absolute Gasteiger partial charge is 0.383 e. The van der Waals surface area contributed by atoms with E-state index in [4.69, 9.17) is 16.3 Å². The molecule has 5 nitrogen and oxygen atoms in total. The minimum absolute atomic E-state index is 0.0321. The molecule has 1 aliphatic heterocycles. The molecule has 6 heteroatoms. The summed E-state index contributed by atoms with van der Waals surface area (Å²) in [7, 11) is 3.54. The highest BCUT2D eigenvalue weighted by atomic mass is 35.5. The summed E-state index contributed by atoms with van der Waals surface area (Å²) in [6.07, 6.45) is 1.13. The number of nitrogens with zero attached hydrogens (tertiary/aromatic N) is 2. The lowest BCUT2D eigenvalue weighted by Gasteiger charge is -2.20. The summed E-state index contributed by atoms with van der Waals surface area (Å²) < 4.78 is 5.11. The van der Waals surface area contributed by atoms with Gasteiger partial charge in [0.05, 0.1) is 6.61 Å². The third-order valence-corrected chi connectivity index (χ3v) is 4.46. The molecule has 1 aromatic carbocycles. The van der Waals surface area contributed by atoms with Gasteiger partial charge in [-0.3, -0.25) is 0 Å². The van der Waals surface area contributed by atoms with E-state index in [0.29, 0.717) is 17.5 Å². The Hall–Kier alpha value is -1.30. The van der Waals surface area contributed by atoms with E-state index in [0.717, 1.165) is 44.8 Å². The fraction of sp³-hybridized carbons (Fsp3) is 0.588. The first-order chi connectivity index (χ1) is 11.1. The van der Waals surface area contributed by atoms with Gasteiger partial charge in [0.25, 0.3) is 0 Å². The maximum Gasteiger partial charge on any atom is 0.317 e. The molecule has 2 rings (SSSR count). The fourth-order valence-electron chi connectivity index (χ4n) is 2.81. The summed E-state index contributed by atoms with van der Waals surface area (Å²) in [5.41, 5.74) is 1.07. The zero-order chi connectivity index (χ0) is 16.7. The monoisotopic (exact) mass is 339 g/mol. The van der Waals surface area contributed by atoms with Gasteiger partial charge in [0, 0.05) is 45.4 Å². The van der Waals surface area contributed by atoms with Crippen LogP contribution in [0.1, 0.15) is 12.0 Å². The molecule has 1 aromatic rings. The lowest BCUT2D eigenvalue weighted by molar-refractivity contribution is 0.158. The van der Waals surface area contributed by atoms with Crippen LogP contribution < -0.4 is 5.32 Å². The second kappa shape index (κ2) is 9.11. The predicted octanol–water partition coefficient (Wildman–Crippen LogP) is 2.45. The molecular weight excluding hydrogens is 314 g/mol. The van der Waals surface area contributed by atoms with Crippen molar-refractivity contribution in [1.29, 1.82) is 0 Å². The fourth-order valence-corrected chi connectivity index (χ4v) is 2.93. The molecule has 0 aliphatic carbocycles. The van der Waals surface area contributed by atoms with Crippen molar-refractivity contribution >= 4 is 17.6 Å². The van der Waals surface area contributed by atoms with Crippen LogP contribution in [-0.4, -0.2) is 62.8 Å². The Morgan fingerprint density at radius 1 is 1.43 bits per heavy atom. The topological polar surface area (TPSA) is 44.8 Å². The van der Waals surface area contributed by atoms with Crippen molar-refractivity contribution < 1.29 is 9.53 Å². The molecule has 0 aromatic heterocycles. The van der Waals surface area contributed by atoms with Crippen LogP contribution in [0.4, 0.5) is 4.79 Å². The first-order valence-electron chi connectivity index (χ1n) is 8.03. The van der Waals surface area contributed by atoms with Gasteiger partial charge < -0.3 is 19.9 Å². The van der Waals surface area contributed by atoms with Crippen LogP contribution >= 0.6 is 11.6 Å². The van der Waals surface area contributed by atoms with E-state index in [9.17, 15) is 4.79 Å². The van der Waals surface area contributed by atoms with E-state index in [-0.39, 0.29) is 6.03 Å². The van der Waals surface area contributed by atoms with Gasteiger partial charge in [-0.2, -0.15) is 0 Å². The second-order valence-corrected chi connectivity index (χ2v) is 6.55. The quantitative estimate of drug-likeness (QED) is 0.830. The van der Waals surface area contributed by atoms with Gasteiger partial charge in [0.2, 0.25) is 0 Å². The van der Waals surface area contributed by atoms with E-state index in [1.807, 2.05) is 31.3 Å². The molecule has 0 unspecified atom stereocenters. The molecule has 1 N–H and O–H groups in total. The van der Waals surface area contributed by atoms with Crippen molar-refractivity contribution in [3.8, 4) is 0 Å². The standard InChI is InChI=1S/C17H26ClN3O2/c1-20(12-14-3-5-16(18)6-4-14)17(22)19-11-15-7-8-21(13-15)9-10-23-2/h3-6,15H,7-13H2,1-2H3,(H,19,22)/t15-/m1/s1. The van der Waals surface area contributed by atoms with Crippen molar-refractivity contribution in [2.24, 2.45) is 5.92 Å². The van der Waals surface area contributed by atoms with Crippen molar-refractivity contribution in [1.82, 2.24) is 15.1 Å². The van der Waals surface area contributed by atoms with Crippen molar-refractivity contribution in [3.05, 3.63) is 34.9 Å². The van der Waals surface area contributed by atoms with Gasteiger partial charge in [0.1, 0.15) is 0 Å². The van der Waals surface area contributed by atoms with E-state index >= 15 is 0 Å². The zero-order valence-electron chi connectivity index (χ0n) is 13.9. The number of urea groups is 1. The molecule has 1 aliphatic rings. The molecular formula is C17H26ClN3O2. The molecule has 1 heterocycles. The summed E-state index contributed by atoms with van der Waals surface area (Å²) in [6, 6.07) is 7.54. The van der Waals surface area contributed by atoms with Gasteiger partial charge in [-0.25, -0.2) is 4.79 Å². The Morgan fingerprint density at radius 2 is 2.17 bits per heavy atom. The third-order valence-electron chi connectivity index (χ3n) is 4.20. The SMILES string of the molecule is COCCN1CC[C@H](CNC(=O)N(C)Cc2ccc(Cl)cc2)C1. The van der Waals surface area contributed by atoms with E-state index < -0.39 is 0 Å². The number of amides is 2. The number of carbonyl (C=O) groups excluding carboxylic acids is 1. The smallest absolute Gasteiger partial charge is 0.317 e. The van der Waals surface area contributed by atoms with Gasteiger partial charge >= 0.3 is 6.03 Å². The number of carbonyl (C=O) groups is 1. The molecule has 1 saturated heterocycles. The molecule has 0 radical (unpaired) electrons. The number of methoxy groups -OCH3 is 1. The minimum atomic E-state index is -0.0321. The lowest BCUT2D eigenvalue weighted by atomic mass is 10.1. The van der Waals surface area contributed by atoms with Crippen molar-refractivity contribution in [3.63, 3.8) is 0 Å². The van der Waals surface area contributed by atoms with Gasteiger partial charge in [-0.1, -0.05) is 23.7 Å². The van der Waals surface area contributed by atoms with Crippen LogP contribution in [0, 0.1) is 5.92 Å². The van der Waals surface area contributed by atoms with Gasteiger partial charge in [0.15, 0.2) is 0 Å². The number of rotatable bonds is 7. The van der Waals surface area contributed by atoms with Crippen LogP contribution in [0.25, 0.3) is 0 Å². The van der Waals surface area contributed by atoms with Gasteiger partial charge in [-0.15, -0.1) is 0 Å². The summed E-state index contributed by atoms with van der Waals surface area (Å²) in [5, 5.41) is 3.74. The Balaban J connectivity index is 1.69. The number of benzene rings is 1. The van der Waals surface area contributed by atoms with Crippen LogP contribution in [0.5, 0.6) is 0 Å². The first kappa shape index (κ1) is 18.0. The number of nitrogens with one attached hydrogen (secondary N) is 1. The number of hydrogen-bond donors (Lipinski definition) is 1. The minimum Gasteiger partial charge on any atom is -0.383 e. The van der Waals surface area contributed by atoms with Crippen LogP contribution in [0.2, 0.25) is 5.02 Å². The third kappa shape index (κ3) is 6.01. The highest BCUT2D eigenvalue weighted by Gasteiger charge is 2.22. The predicted molar refractivity (Wildman–Crippen MR) is 92.7 cm³/mol. The Morgan fingerprint density at radius 3 is 2.87 bits per heavy atom. The highest BCUT2D eigenvalue weighted by molar-refractivity contribution is 6.30. The van der Waals surface area contributed by atoms with Crippen molar-refractivity contribution in [2.45, 2.75) is 13.0 Å². The van der Waals surface area contributed by atoms with E-state index in [1.54, 1.807) is 12.0 Å². The zero-order valence-corrected chi connectivity index (χ0v) is 14.7. The van der Waals surface area contributed by atoms with Crippen molar-refractivity contribution in [2.75, 3.05) is 46.9 Å². The number of likely N-dealkylation sites (tertiary alicyclic amines) is 1. The average Bonchev–Trinajstić information content (AvgIpc) is 3.00. The summed E-state index contributed by atoms with van der Waals surface area (Å²) >= 11 is 5.87. The van der Waals surface area contributed by atoms with Crippen LogP contribution in [0.3, 0.4) is 0 Å². The summed E-state index contributed by atoms with van der Waals surface area (Å²) in [5.74, 6) is 0.528. The molecule has 2 amide bonds. The number of hydrogen-bond acceptors (Lipinski definition) is 3. The molecule has 0 bridgehead atoms. The lowest BCUT2D eigenvalue weighted by Crippen LogP contribution is -2.39. The highest BCUT2D eigenvalue weighted by Crippen LogP contribution is 2.15. The second-order valence-electron chi connectivity index (χ2n) is 6.12. The van der Waals surface area contributed by atoms with Gasteiger partial charge in [-0.05, 0) is 36.6 Å². The molecule has 128 valence electrons. The van der Waals surface area contributed by atoms with E-state index in [2.05, 4.69) is 10.2 Å². The summed E-state index contributed by atoms with van der Waals surface area (Å²) in [6.45, 7) is 5.16. The maximum absolute atomic E-state index is 12.2. The summed E-state index contributed by atoms with van der Waals surface area (Å²) in [4.78, 5) is 16.3. The maximum atomic E-state index is 12.2. The number of halogens is 1. The molecule has 1 fully saturated rings. The van der Waals surface area contributed by atoms with Crippen LogP contribution in [0.15, 0.2) is 24.3 Å². The van der Waals surface area contributed by atoms with E-state index in [1.165, 1.54) is 0 Å². The number of ether oxygens (including phenoxy) is 1. The molecule has 1 atom stereocenters. The Kier molecular flexibility index (Phi) is 7.15. The Labute approximate surface area is 143 Å². The normalized spacial score (nSPS) is 18.1. The molecule has 0 saturated carbocycles. The first-order valence-corrected chi connectivity index (χ1v) is 8.41. The average molecular weight is 340 g/mol. The Bertz CT molecular complexity index is 495. The molecule has 0 spiro atoms.